The maximum Gasteiger partial charge on any atom is 0.335 e. The zero-order valence-electron chi connectivity index (χ0n) is 17.5. The summed E-state index contributed by atoms with van der Waals surface area (Å²) < 4.78 is 2.05. The molecular weight excluding hydrogens is 436 g/mol. The Bertz CT molecular complexity index is 1520. The number of rotatable bonds is 5. The summed E-state index contributed by atoms with van der Waals surface area (Å²) in [5.41, 5.74) is 4.74. The molecule has 0 radical (unpaired) electrons. The molecule has 0 aliphatic carbocycles. The second-order valence-electron chi connectivity index (χ2n) is 7.75. The van der Waals surface area contributed by atoms with Crippen LogP contribution in [0.1, 0.15) is 21.5 Å². The number of fused-ring (bicyclic) bond motifs is 1. The molecule has 2 aromatic heterocycles. The van der Waals surface area contributed by atoms with Crippen LogP contribution >= 0.6 is 11.6 Å². The molecule has 162 valence electrons. The predicted octanol–water partition coefficient (Wildman–Crippen LogP) is 5.93. The first-order valence-corrected chi connectivity index (χ1v) is 10.8. The number of benzene rings is 3. The van der Waals surface area contributed by atoms with Crippen molar-refractivity contribution in [1.29, 1.82) is 0 Å². The Hall–Kier alpha value is -4.09. The average Bonchev–Trinajstić information content (AvgIpc) is 3.36. The Balaban J connectivity index is 1.84. The largest absolute Gasteiger partial charge is 0.478 e. The van der Waals surface area contributed by atoms with Crippen LogP contribution in [0.2, 0.25) is 5.02 Å². The van der Waals surface area contributed by atoms with Gasteiger partial charge in [0, 0.05) is 34.3 Å². The highest BCUT2D eigenvalue weighted by atomic mass is 35.5. The number of H-pyrrole nitrogens is 1. The van der Waals surface area contributed by atoms with Gasteiger partial charge in [0.2, 0.25) is 0 Å². The van der Waals surface area contributed by atoms with E-state index in [4.69, 9.17) is 11.6 Å². The third-order valence-corrected chi connectivity index (χ3v) is 5.91. The molecule has 0 saturated carbocycles. The first-order chi connectivity index (χ1) is 16.0. The van der Waals surface area contributed by atoms with Crippen molar-refractivity contribution in [2.75, 3.05) is 0 Å². The molecule has 0 amide bonds. The van der Waals surface area contributed by atoms with Crippen LogP contribution in [0.4, 0.5) is 0 Å². The fourth-order valence-corrected chi connectivity index (χ4v) is 4.31. The minimum Gasteiger partial charge on any atom is -0.478 e. The molecule has 0 aliphatic heterocycles. The fraction of sp³-hybridized carbons (Fsp3) is 0.0370. The molecule has 0 spiro atoms. The van der Waals surface area contributed by atoms with E-state index in [0.29, 0.717) is 27.9 Å². The average molecular weight is 455 g/mol. The van der Waals surface area contributed by atoms with Gasteiger partial charge in [-0.25, -0.2) is 4.79 Å². The zero-order valence-corrected chi connectivity index (χ0v) is 18.2. The number of pyridine rings is 1. The molecule has 5 aromatic rings. The van der Waals surface area contributed by atoms with E-state index >= 15 is 0 Å². The van der Waals surface area contributed by atoms with Crippen molar-refractivity contribution in [2.45, 2.75) is 6.42 Å². The third kappa shape index (κ3) is 3.83. The van der Waals surface area contributed by atoms with Crippen molar-refractivity contribution < 1.29 is 9.90 Å². The van der Waals surface area contributed by atoms with Gasteiger partial charge in [-0.05, 0) is 60.2 Å². The minimum atomic E-state index is -0.984. The molecule has 0 atom stereocenters. The quantitative estimate of drug-likeness (QED) is 0.345. The van der Waals surface area contributed by atoms with Gasteiger partial charge in [-0.3, -0.25) is 4.79 Å². The number of carbonyl (C=O) groups is 1. The molecule has 0 saturated heterocycles. The van der Waals surface area contributed by atoms with Crippen LogP contribution in [-0.4, -0.2) is 20.6 Å². The van der Waals surface area contributed by atoms with Crippen LogP contribution in [0.3, 0.4) is 0 Å². The van der Waals surface area contributed by atoms with Crippen molar-refractivity contribution in [2.24, 2.45) is 0 Å². The van der Waals surface area contributed by atoms with Gasteiger partial charge in [-0.2, -0.15) is 0 Å². The minimum absolute atomic E-state index is 0.0826. The third-order valence-electron chi connectivity index (χ3n) is 5.68. The number of aromatic carboxylic acids is 1. The van der Waals surface area contributed by atoms with Crippen molar-refractivity contribution in [1.82, 2.24) is 9.55 Å². The van der Waals surface area contributed by atoms with Gasteiger partial charge in [-0.15, -0.1) is 0 Å². The normalized spacial score (nSPS) is 11.1. The van der Waals surface area contributed by atoms with E-state index in [0.717, 1.165) is 22.6 Å². The topological polar surface area (TPSA) is 75.1 Å². The molecule has 0 unspecified atom stereocenters. The van der Waals surface area contributed by atoms with Gasteiger partial charge in [0.15, 0.2) is 5.43 Å². The van der Waals surface area contributed by atoms with Crippen molar-refractivity contribution in [3.63, 3.8) is 0 Å². The van der Waals surface area contributed by atoms with Crippen LogP contribution in [0.5, 0.6) is 0 Å². The number of halogens is 1. The Morgan fingerprint density at radius 2 is 1.70 bits per heavy atom. The molecule has 33 heavy (non-hydrogen) atoms. The van der Waals surface area contributed by atoms with Gasteiger partial charge in [0.25, 0.3) is 0 Å². The molecular formula is C27H19ClN2O3. The number of carboxylic acid groups (broad SMARTS) is 1. The lowest BCUT2D eigenvalue weighted by atomic mass is 9.97. The lowest BCUT2D eigenvalue weighted by Crippen LogP contribution is -2.18. The maximum atomic E-state index is 13.8. The molecule has 0 bridgehead atoms. The number of para-hydroxylation sites is 1. The maximum absolute atomic E-state index is 13.8. The molecule has 5 rings (SSSR count). The summed E-state index contributed by atoms with van der Waals surface area (Å²) in [4.78, 5) is 28.2. The summed E-state index contributed by atoms with van der Waals surface area (Å²) in [6, 6.07) is 25.6. The Morgan fingerprint density at radius 3 is 2.36 bits per heavy atom. The smallest absolute Gasteiger partial charge is 0.335 e. The molecule has 0 fully saturated rings. The number of hydrogen-bond donors (Lipinski definition) is 2. The number of aromatic amines is 1. The van der Waals surface area contributed by atoms with Gasteiger partial charge in [0.1, 0.15) is 0 Å². The first kappa shape index (κ1) is 20.8. The van der Waals surface area contributed by atoms with E-state index in [1.54, 1.807) is 36.4 Å². The second-order valence-corrected chi connectivity index (χ2v) is 8.19. The number of carboxylic acids is 1. The Morgan fingerprint density at radius 1 is 0.939 bits per heavy atom. The van der Waals surface area contributed by atoms with Crippen molar-refractivity contribution in [3.8, 4) is 17.1 Å². The van der Waals surface area contributed by atoms with E-state index in [1.807, 2.05) is 54.7 Å². The molecule has 2 N–H and O–H groups in total. The second kappa shape index (κ2) is 8.45. The van der Waals surface area contributed by atoms with Crippen molar-refractivity contribution in [3.05, 3.63) is 123 Å². The summed E-state index contributed by atoms with van der Waals surface area (Å²) in [6.45, 7) is 0. The Kier molecular flexibility index (Phi) is 5.32. The van der Waals surface area contributed by atoms with E-state index < -0.39 is 5.97 Å². The fourth-order valence-electron chi connectivity index (χ4n) is 4.15. The summed E-state index contributed by atoms with van der Waals surface area (Å²) in [6.07, 6.45) is 2.17. The van der Waals surface area contributed by atoms with Crippen LogP contribution < -0.4 is 5.43 Å². The Labute approximate surface area is 194 Å². The highest BCUT2D eigenvalue weighted by Gasteiger charge is 2.21. The van der Waals surface area contributed by atoms with Gasteiger partial charge >= 0.3 is 5.97 Å². The molecule has 5 nitrogen and oxygen atoms in total. The summed E-state index contributed by atoms with van der Waals surface area (Å²) >= 11 is 6.35. The molecule has 0 aliphatic rings. The van der Waals surface area contributed by atoms with E-state index in [1.165, 1.54) is 0 Å². The predicted molar refractivity (Wildman–Crippen MR) is 131 cm³/mol. The van der Waals surface area contributed by atoms with E-state index in [2.05, 4.69) is 9.55 Å². The van der Waals surface area contributed by atoms with Crippen LogP contribution in [0, 0.1) is 0 Å². The van der Waals surface area contributed by atoms with E-state index in [-0.39, 0.29) is 11.0 Å². The highest BCUT2D eigenvalue weighted by molar-refractivity contribution is 6.31. The van der Waals surface area contributed by atoms with E-state index in [9.17, 15) is 14.7 Å². The monoisotopic (exact) mass is 454 g/mol. The molecule has 6 heteroatoms. The van der Waals surface area contributed by atoms with Crippen molar-refractivity contribution >= 4 is 28.5 Å². The zero-order chi connectivity index (χ0) is 22.9. The van der Waals surface area contributed by atoms with Gasteiger partial charge in [0.05, 0.1) is 22.5 Å². The lowest BCUT2D eigenvalue weighted by Gasteiger charge is -2.21. The standard InChI is InChI=1S/C27H19ClN2O3/c28-19-12-13-21-24(16-19)30(20-5-2-1-3-6-20)25(23-7-4-14-29-23)22(26(21)31)15-17-8-10-18(11-9-17)27(32)33/h1-14,16,29H,15H2,(H,32,33). The summed E-state index contributed by atoms with van der Waals surface area (Å²) in [7, 11) is 0. The van der Waals surface area contributed by atoms with Gasteiger partial charge in [-0.1, -0.05) is 41.9 Å². The summed E-state index contributed by atoms with van der Waals surface area (Å²) in [5.74, 6) is -0.984. The van der Waals surface area contributed by atoms with Crippen LogP contribution in [0.25, 0.3) is 28.0 Å². The highest BCUT2D eigenvalue weighted by Crippen LogP contribution is 2.31. The van der Waals surface area contributed by atoms with Crippen LogP contribution in [-0.2, 0) is 6.42 Å². The number of hydrogen-bond acceptors (Lipinski definition) is 2. The molecule has 2 heterocycles. The number of nitrogens with one attached hydrogen (secondary N) is 1. The summed E-state index contributed by atoms with van der Waals surface area (Å²) in [5, 5.41) is 10.3. The lowest BCUT2D eigenvalue weighted by molar-refractivity contribution is 0.0697. The number of aromatic nitrogens is 2. The first-order valence-electron chi connectivity index (χ1n) is 10.4. The van der Waals surface area contributed by atoms with Gasteiger partial charge < -0.3 is 14.7 Å². The van der Waals surface area contributed by atoms with Crippen LogP contribution in [0.15, 0.2) is 95.9 Å². The number of nitrogens with zero attached hydrogens (tertiary/aromatic N) is 1. The SMILES string of the molecule is O=C(O)c1ccc(Cc2c(-c3ccc[nH]3)n(-c3ccccc3)c3cc(Cl)ccc3c2=O)cc1. The molecule has 3 aromatic carbocycles.